The number of halogens is 1. The molecule has 2 N–H and O–H groups in total. The minimum absolute atomic E-state index is 0.0540. The fraction of sp³-hybridized carbons (Fsp3) is 0.500. The number of phenolic OH excluding ortho intramolecular Hbond substituents is 1. The summed E-state index contributed by atoms with van der Waals surface area (Å²) in [5.74, 6) is -0.464. The number of rotatable bonds is 4. The lowest BCUT2D eigenvalue weighted by Crippen LogP contribution is -2.14. The van der Waals surface area contributed by atoms with Gasteiger partial charge in [-0.1, -0.05) is 25.4 Å². The highest BCUT2D eigenvalue weighted by Crippen LogP contribution is 2.55. The fourth-order valence-electron chi connectivity index (χ4n) is 2.45. The molecule has 0 unspecified atom stereocenters. The molecule has 1 aromatic rings. The molecular weight excluding hydrogens is 252 g/mol. The molecule has 1 saturated carbocycles. The third kappa shape index (κ3) is 2.32. The summed E-state index contributed by atoms with van der Waals surface area (Å²) in [5.41, 5.74) is 1.07. The number of phenols is 1. The van der Waals surface area contributed by atoms with Crippen molar-refractivity contribution in [2.75, 3.05) is 0 Å². The first-order valence-corrected chi connectivity index (χ1v) is 6.48. The van der Waals surface area contributed by atoms with E-state index in [2.05, 4.69) is 0 Å². The predicted octanol–water partition coefficient (Wildman–Crippen LogP) is 3.68. The van der Waals surface area contributed by atoms with Crippen LogP contribution in [0, 0.1) is 0 Å². The second-order valence-corrected chi connectivity index (χ2v) is 5.83. The second kappa shape index (κ2) is 4.47. The van der Waals surface area contributed by atoms with Crippen molar-refractivity contribution in [2.45, 2.75) is 44.4 Å². The van der Waals surface area contributed by atoms with Crippen molar-refractivity contribution >= 4 is 17.6 Å². The maximum Gasteiger partial charge on any atom is 0.304 e. The van der Waals surface area contributed by atoms with E-state index in [0.717, 1.165) is 18.4 Å². The van der Waals surface area contributed by atoms with E-state index < -0.39 is 11.4 Å². The highest BCUT2D eigenvalue weighted by molar-refractivity contribution is 6.30. The lowest BCUT2D eigenvalue weighted by Gasteiger charge is -2.19. The van der Waals surface area contributed by atoms with E-state index in [9.17, 15) is 9.90 Å². The molecule has 0 aromatic heterocycles. The third-order valence-electron chi connectivity index (χ3n) is 3.64. The van der Waals surface area contributed by atoms with Crippen molar-refractivity contribution in [3.8, 4) is 5.75 Å². The molecule has 4 heteroatoms. The predicted molar refractivity (Wildman–Crippen MR) is 70.4 cm³/mol. The number of aliphatic carboxylic acids is 1. The van der Waals surface area contributed by atoms with Crippen LogP contribution in [0.25, 0.3) is 0 Å². The van der Waals surface area contributed by atoms with Gasteiger partial charge in [-0.2, -0.15) is 0 Å². The van der Waals surface area contributed by atoms with E-state index >= 15 is 0 Å². The Bertz CT molecular complexity index is 490. The minimum atomic E-state index is -0.835. The monoisotopic (exact) mass is 268 g/mol. The number of aromatic hydroxyl groups is 1. The summed E-state index contributed by atoms with van der Waals surface area (Å²) in [6.07, 6.45) is 1.65. The first kappa shape index (κ1) is 13.2. The molecule has 1 fully saturated rings. The lowest BCUT2D eigenvalue weighted by atomic mass is 9.88. The van der Waals surface area contributed by atoms with Gasteiger partial charge < -0.3 is 10.2 Å². The van der Waals surface area contributed by atoms with Gasteiger partial charge in [-0.3, -0.25) is 4.79 Å². The largest absolute Gasteiger partial charge is 0.507 e. The van der Waals surface area contributed by atoms with Gasteiger partial charge in [0.2, 0.25) is 0 Å². The molecule has 18 heavy (non-hydrogen) atoms. The van der Waals surface area contributed by atoms with Gasteiger partial charge in [0.25, 0.3) is 0 Å². The molecule has 3 nitrogen and oxygen atoms in total. The Morgan fingerprint density at radius 3 is 2.50 bits per heavy atom. The van der Waals surface area contributed by atoms with E-state index in [-0.39, 0.29) is 18.1 Å². The SMILES string of the molecule is CC(C)c1cc(Cl)cc(C2(CC(=O)O)CC2)c1O. The molecule has 1 aromatic carbocycles. The van der Waals surface area contributed by atoms with E-state index in [1.54, 1.807) is 12.1 Å². The van der Waals surface area contributed by atoms with Crippen molar-refractivity contribution in [3.63, 3.8) is 0 Å². The highest BCUT2D eigenvalue weighted by atomic mass is 35.5. The number of hydrogen-bond acceptors (Lipinski definition) is 2. The summed E-state index contributed by atoms with van der Waals surface area (Å²) < 4.78 is 0. The van der Waals surface area contributed by atoms with Crippen LogP contribution in [0.1, 0.15) is 50.2 Å². The van der Waals surface area contributed by atoms with Crippen LogP contribution in [0.15, 0.2) is 12.1 Å². The van der Waals surface area contributed by atoms with Crippen molar-refractivity contribution < 1.29 is 15.0 Å². The molecule has 0 radical (unpaired) electrons. The number of carboxylic acid groups (broad SMARTS) is 1. The summed E-state index contributed by atoms with van der Waals surface area (Å²) in [6, 6.07) is 3.46. The topological polar surface area (TPSA) is 57.5 Å². The van der Waals surface area contributed by atoms with Crippen LogP contribution in [0.3, 0.4) is 0 Å². The molecule has 2 rings (SSSR count). The zero-order valence-corrected chi connectivity index (χ0v) is 11.3. The van der Waals surface area contributed by atoms with Gasteiger partial charge in [-0.05, 0) is 36.5 Å². The zero-order valence-electron chi connectivity index (χ0n) is 10.5. The van der Waals surface area contributed by atoms with Crippen molar-refractivity contribution in [1.82, 2.24) is 0 Å². The average molecular weight is 269 g/mol. The second-order valence-electron chi connectivity index (χ2n) is 5.40. The Balaban J connectivity index is 2.48. The Kier molecular flexibility index (Phi) is 3.28. The van der Waals surface area contributed by atoms with Gasteiger partial charge >= 0.3 is 5.97 Å². The van der Waals surface area contributed by atoms with Crippen LogP contribution in [0.2, 0.25) is 5.02 Å². The molecule has 0 aliphatic heterocycles. The third-order valence-corrected chi connectivity index (χ3v) is 3.86. The van der Waals surface area contributed by atoms with Crippen LogP contribution in [-0.2, 0) is 10.2 Å². The molecule has 0 spiro atoms. The molecule has 0 atom stereocenters. The van der Waals surface area contributed by atoms with E-state index in [4.69, 9.17) is 16.7 Å². The molecule has 98 valence electrons. The summed E-state index contributed by atoms with van der Waals surface area (Å²) in [4.78, 5) is 10.9. The Morgan fingerprint density at radius 1 is 1.44 bits per heavy atom. The van der Waals surface area contributed by atoms with Crippen LogP contribution in [0.4, 0.5) is 0 Å². The fourth-order valence-corrected chi connectivity index (χ4v) is 2.67. The molecule has 0 heterocycles. The van der Waals surface area contributed by atoms with Gasteiger partial charge in [0, 0.05) is 16.0 Å². The number of carboxylic acids is 1. The van der Waals surface area contributed by atoms with E-state index in [0.29, 0.717) is 10.6 Å². The summed E-state index contributed by atoms with van der Waals surface area (Å²) in [6.45, 7) is 3.96. The summed E-state index contributed by atoms with van der Waals surface area (Å²) >= 11 is 6.08. The standard InChI is InChI=1S/C14H17ClO3/c1-8(2)10-5-9(15)6-11(13(10)18)14(3-4-14)7-12(16)17/h5-6,8,18H,3-4,7H2,1-2H3,(H,16,17). The molecule has 1 aliphatic rings. The molecule has 0 bridgehead atoms. The Morgan fingerprint density at radius 2 is 2.06 bits per heavy atom. The zero-order chi connectivity index (χ0) is 13.5. The van der Waals surface area contributed by atoms with Crippen LogP contribution >= 0.6 is 11.6 Å². The maximum absolute atomic E-state index is 10.9. The van der Waals surface area contributed by atoms with Crippen LogP contribution in [0.5, 0.6) is 5.75 Å². The Labute approximate surface area is 111 Å². The van der Waals surface area contributed by atoms with Crippen LogP contribution < -0.4 is 0 Å². The van der Waals surface area contributed by atoms with Crippen molar-refractivity contribution in [3.05, 3.63) is 28.3 Å². The van der Waals surface area contributed by atoms with Crippen molar-refractivity contribution in [1.29, 1.82) is 0 Å². The van der Waals surface area contributed by atoms with Gasteiger partial charge in [-0.15, -0.1) is 0 Å². The van der Waals surface area contributed by atoms with E-state index in [1.165, 1.54) is 0 Å². The van der Waals surface area contributed by atoms with Crippen molar-refractivity contribution in [2.24, 2.45) is 0 Å². The van der Waals surface area contributed by atoms with Gasteiger partial charge in [0.15, 0.2) is 0 Å². The first-order chi connectivity index (χ1) is 8.35. The number of benzene rings is 1. The lowest BCUT2D eigenvalue weighted by molar-refractivity contribution is -0.137. The van der Waals surface area contributed by atoms with Gasteiger partial charge in [0.1, 0.15) is 5.75 Å². The minimum Gasteiger partial charge on any atom is -0.507 e. The van der Waals surface area contributed by atoms with E-state index in [1.807, 2.05) is 13.8 Å². The smallest absolute Gasteiger partial charge is 0.304 e. The number of carbonyl (C=O) groups is 1. The molecule has 1 aliphatic carbocycles. The molecular formula is C14H17ClO3. The molecule has 0 amide bonds. The quantitative estimate of drug-likeness (QED) is 0.876. The summed E-state index contributed by atoms with van der Waals surface area (Å²) in [5, 5.41) is 19.9. The average Bonchev–Trinajstić information content (AvgIpc) is 3.00. The number of hydrogen-bond donors (Lipinski definition) is 2. The van der Waals surface area contributed by atoms with Gasteiger partial charge in [0.05, 0.1) is 6.42 Å². The van der Waals surface area contributed by atoms with Gasteiger partial charge in [-0.25, -0.2) is 0 Å². The molecule has 0 saturated heterocycles. The first-order valence-electron chi connectivity index (χ1n) is 6.10. The highest BCUT2D eigenvalue weighted by Gasteiger charge is 2.48. The Hall–Kier alpha value is -1.22. The maximum atomic E-state index is 10.9. The normalized spacial score (nSPS) is 16.9. The van der Waals surface area contributed by atoms with Crippen LogP contribution in [-0.4, -0.2) is 16.2 Å². The summed E-state index contributed by atoms with van der Waals surface area (Å²) in [7, 11) is 0.